The Morgan fingerprint density at radius 2 is 1.86 bits per heavy atom. The molecular weight excluding hydrogens is 302 g/mol. The fourth-order valence-electron chi connectivity index (χ4n) is 1.96. The molecule has 2 amide bonds. The van der Waals surface area contributed by atoms with E-state index < -0.39 is 5.91 Å². The Kier molecular flexibility index (Phi) is 5.01. The third-order valence-corrected chi connectivity index (χ3v) is 3.34. The number of hydrogen-bond acceptors (Lipinski definition) is 3. The van der Waals surface area contributed by atoms with Crippen LogP contribution in [0.25, 0.3) is 0 Å². The summed E-state index contributed by atoms with van der Waals surface area (Å²) < 4.78 is 0. The zero-order valence-electron chi connectivity index (χ0n) is 12.0. The van der Waals surface area contributed by atoms with Gasteiger partial charge >= 0.3 is 0 Å². The Morgan fingerprint density at radius 3 is 2.59 bits per heavy atom. The first-order chi connectivity index (χ1) is 10.5. The number of benzene rings is 2. The molecule has 0 unspecified atom stereocenters. The average molecular weight is 318 g/mol. The van der Waals surface area contributed by atoms with Crippen LogP contribution in [0.4, 0.5) is 11.4 Å². The maximum atomic E-state index is 12.0. The minimum Gasteiger partial charge on any atom is -0.376 e. The third kappa shape index (κ3) is 3.99. The molecule has 0 aliphatic heterocycles. The van der Waals surface area contributed by atoms with Gasteiger partial charge in [0, 0.05) is 10.7 Å². The summed E-state index contributed by atoms with van der Waals surface area (Å²) in [5, 5.41) is 6.26. The lowest BCUT2D eigenvalue weighted by Crippen LogP contribution is -2.24. The van der Waals surface area contributed by atoms with E-state index in [1.807, 2.05) is 13.0 Å². The first-order valence-corrected chi connectivity index (χ1v) is 7.04. The highest BCUT2D eigenvalue weighted by molar-refractivity contribution is 6.30. The molecule has 22 heavy (non-hydrogen) atoms. The van der Waals surface area contributed by atoms with Gasteiger partial charge in [-0.25, -0.2) is 0 Å². The van der Waals surface area contributed by atoms with Gasteiger partial charge in [0.2, 0.25) is 5.91 Å². The van der Waals surface area contributed by atoms with Crippen LogP contribution in [0.5, 0.6) is 0 Å². The molecule has 0 radical (unpaired) electrons. The monoisotopic (exact) mass is 317 g/mol. The summed E-state index contributed by atoms with van der Waals surface area (Å²) in [6, 6.07) is 12.0. The number of halogens is 1. The van der Waals surface area contributed by atoms with E-state index in [2.05, 4.69) is 10.6 Å². The van der Waals surface area contributed by atoms with Crippen LogP contribution in [0.15, 0.2) is 42.5 Å². The number of nitrogens with two attached hydrogens (primary N) is 1. The molecule has 0 saturated carbocycles. The highest BCUT2D eigenvalue weighted by Crippen LogP contribution is 2.20. The van der Waals surface area contributed by atoms with Crippen LogP contribution in [0.1, 0.15) is 15.9 Å². The van der Waals surface area contributed by atoms with Gasteiger partial charge in [0.05, 0.1) is 17.8 Å². The van der Waals surface area contributed by atoms with Gasteiger partial charge < -0.3 is 16.4 Å². The largest absolute Gasteiger partial charge is 0.376 e. The summed E-state index contributed by atoms with van der Waals surface area (Å²) in [7, 11) is 0. The molecule has 0 spiro atoms. The molecule has 2 aromatic rings. The number of nitrogens with one attached hydrogen (secondary N) is 2. The van der Waals surface area contributed by atoms with Crippen molar-refractivity contribution in [2.75, 3.05) is 17.2 Å². The van der Waals surface area contributed by atoms with Crippen molar-refractivity contribution in [1.29, 1.82) is 0 Å². The SMILES string of the molecule is Cc1ccc(Cl)cc1NCC(=O)Nc1ccccc1C(N)=O. The molecule has 114 valence electrons. The lowest BCUT2D eigenvalue weighted by molar-refractivity contribution is -0.114. The molecule has 0 aliphatic carbocycles. The molecule has 0 fully saturated rings. The number of anilines is 2. The molecule has 0 aliphatic rings. The molecule has 5 nitrogen and oxygen atoms in total. The van der Waals surface area contributed by atoms with Crippen molar-refractivity contribution < 1.29 is 9.59 Å². The second-order valence-electron chi connectivity index (χ2n) is 4.77. The van der Waals surface area contributed by atoms with Gasteiger partial charge in [-0.05, 0) is 36.8 Å². The van der Waals surface area contributed by atoms with E-state index in [-0.39, 0.29) is 18.0 Å². The number of amides is 2. The molecule has 2 rings (SSSR count). The fourth-order valence-corrected chi connectivity index (χ4v) is 2.13. The number of rotatable bonds is 5. The molecule has 0 bridgehead atoms. The third-order valence-electron chi connectivity index (χ3n) is 3.11. The van der Waals surface area contributed by atoms with E-state index in [1.54, 1.807) is 36.4 Å². The summed E-state index contributed by atoms with van der Waals surface area (Å²) in [6.45, 7) is 1.97. The van der Waals surface area contributed by atoms with E-state index in [4.69, 9.17) is 17.3 Å². The van der Waals surface area contributed by atoms with Crippen LogP contribution >= 0.6 is 11.6 Å². The predicted octanol–water partition coefficient (Wildman–Crippen LogP) is 2.80. The van der Waals surface area contributed by atoms with Crippen LogP contribution < -0.4 is 16.4 Å². The standard InChI is InChI=1S/C16H16ClN3O2/c1-10-6-7-11(17)8-14(10)19-9-15(21)20-13-5-3-2-4-12(13)16(18)22/h2-8,19H,9H2,1H3,(H2,18,22)(H,20,21). The zero-order valence-corrected chi connectivity index (χ0v) is 12.8. The average Bonchev–Trinajstić information content (AvgIpc) is 2.48. The summed E-state index contributed by atoms with van der Waals surface area (Å²) in [4.78, 5) is 23.3. The summed E-state index contributed by atoms with van der Waals surface area (Å²) in [5.74, 6) is -0.873. The maximum Gasteiger partial charge on any atom is 0.250 e. The summed E-state index contributed by atoms with van der Waals surface area (Å²) >= 11 is 5.93. The minimum atomic E-state index is -0.588. The number of hydrogen-bond donors (Lipinski definition) is 3. The lowest BCUT2D eigenvalue weighted by atomic mass is 10.1. The van der Waals surface area contributed by atoms with Crippen LogP contribution in [-0.2, 0) is 4.79 Å². The second kappa shape index (κ2) is 6.95. The minimum absolute atomic E-state index is 0.0499. The molecule has 0 atom stereocenters. The molecule has 2 aromatic carbocycles. The van der Waals surface area contributed by atoms with Crippen molar-refractivity contribution in [3.05, 3.63) is 58.6 Å². The van der Waals surface area contributed by atoms with Crippen molar-refractivity contribution in [2.24, 2.45) is 5.73 Å². The molecule has 0 aromatic heterocycles. The van der Waals surface area contributed by atoms with Crippen LogP contribution in [-0.4, -0.2) is 18.4 Å². The Morgan fingerprint density at radius 1 is 1.14 bits per heavy atom. The van der Waals surface area contributed by atoms with Gasteiger partial charge in [0.15, 0.2) is 0 Å². The predicted molar refractivity (Wildman–Crippen MR) is 88.3 cm³/mol. The van der Waals surface area contributed by atoms with Crippen LogP contribution in [0.3, 0.4) is 0 Å². The summed E-state index contributed by atoms with van der Waals surface area (Å²) in [6.07, 6.45) is 0. The first-order valence-electron chi connectivity index (χ1n) is 6.66. The Bertz CT molecular complexity index is 716. The quantitative estimate of drug-likeness (QED) is 0.792. The number of aryl methyl sites for hydroxylation is 1. The molecule has 6 heteroatoms. The molecule has 0 saturated heterocycles. The number of primary amides is 1. The van der Waals surface area contributed by atoms with Crippen molar-refractivity contribution in [3.8, 4) is 0 Å². The molecular formula is C16H16ClN3O2. The smallest absolute Gasteiger partial charge is 0.250 e. The van der Waals surface area contributed by atoms with Crippen LogP contribution in [0.2, 0.25) is 5.02 Å². The van der Waals surface area contributed by atoms with Gasteiger partial charge in [-0.1, -0.05) is 29.8 Å². The molecule has 0 heterocycles. The number of carbonyl (C=O) groups is 2. The van der Waals surface area contributed by atoms with E-state index in [0.717, 1.165) is 11.3 Å². The topological polar surface area (TPSA) is 84.2 Å². The van der Waals surface area contributed by atoms with Gasteiger partial charge in [-0.2, -0.15) is 0 Å². The Labute approximate surface area is 133 Å². The maximum absolute atomic E-state index is 12.0. The van der Waals surface area contributed by atoms with E-state index in [9.17, 15) is 9.59 Å². The first kappa shape index (κ1) is 15.9. The van der Waals surface area contributed by atoms with E-state index >= 15 is 0 Å². The van der Waals surface area contributed by atoms with Crippen molar-refractivity contribution in [3.63, 3.8) is 0 Å². The van der Waals surface area contributed by atoms with Gasteiger partial charge in [0.25, 0.3) is 5.91 Å². The van der Waals surface area contributed by atoms with Crippen LogP contribution in [0, 0.1) is 6.92 Å². The van der Waals surface area contributed by atoms with Gasteiger partial charge in [-0.3, -0.25) is 9.59 Å². The Balaban J connectivity index is 2.02. The van der Waals surface area contributed by atoms with Gasteiger partial charge in [-0.15, -0.1) is 0 Å². The zero-order chi connectivity index (χ0) is 16.1. The van der Waals surface area contributed by atoms with Crippen molar-refractivity contribution in [2.45, 2.75) is 6.92 Å². The highest BCUT2D eigenvalue weighted by atomic mass is 35.5. The van der Waals surface area contributed by atoms with Crippen molar-refractivity contribution >= 4 is 34.8 Å². The van der Waals surface area contributed by atoms with Crippen molar-refractivity contribution in [1.82, 2.24) is 0 Å². The van der Waals surface area contributed by atoms with E-state index in [1.165, 1.54) is 0 Å². The highest BCUT2D eigenvalue weighted by Gasteiger charge is 2.10. The van der Waals surface area contributed by atoms with Gasteiger partial charge in [0.1, 0.15) is 0 Å². The normalized spacial score (nSPS) is 10.1. The van der Waals surface area contributed by atoms with E-state index in [0.29, 0.717) is 10.7 Å². The second-order valence-corrected chi connectivity index (χ2v) is 5.21. The summed E-state index contributed by atoms with van der Waals surface area (Å²) in [5.41, 5.74) is 7.70. The molecule has 4 N–H and O–H groups in total. The lowest BCUT2D eigenvalue weighted by Gasteiger charge is -2.12. The number of para-hydroxylation sites is 1. The number of carbonyl (C=O) groups excluding carboxylic acids is 2. The Hall–Kier alpha value is -2.53. The fraction of sp³-hybridized carbons (Fsp3) is 0.125.